The minimum atomic E-state index is -0.286. The summed E-state index contributed by atoms with van der Waals surface area (Å²) in [5.74, 6) is 0.231. The summed E-state index contributed by atoms with van der Waals surface area (Å²) in [4.78, 5) is 22.9. The van der Waals surface area contributed by atoms with Crippen LogP contribution in [0, 0.1) is 5.92 Å². The summed E-state index contributed by atoms with van der Waals surface area (Å²) in [6.45, 7) is 0.745. The van der Waals surface area contributed by atoms with Crippen LogP contribution in [0.5, 0.6) is 0 Å². The second kappa shape index (κ2) is 3.98. The predicted molar refractivity (Wildman–Crippen MR) is 51.5 cm³/mol. The van der Waals surface area contributed by atoms with Gasteiger partial charge in [0.2, 0.25) is 11.8 Å². The van der Waals surface area contributed by atoms with Gasteiger partial charge in [0.1, 0.15) is 6.04 Å². The summed E-state index contributed by atoms with van der Waals surface area (Å²) in [5, 5.41) is 5.63. The van der Waals surface area contributed by atoms with Gasteiger partial charge in [-0.25, -0.2) is 0 Å². The largest absolute Gasteiger partial charge is 0.354 e. The Kier molecular flexibility index (Phi) is 2.70. The van der Waals surface area contributed by atoms with E-state index in [2.05, 4.69) is 10.6 Å². The molecule has 1 aliphatic heterocycles. The molecule has 14 heavy (non-hydrogen) atoms. The van der Waals surface area contributed by atoms with Crippen LogP contribution < -0.4 is 10.6 Å². The molecule has 1 unspecified atom stereocenters. The maximum absolute atomic E-state index is 11.5. The van der Waals surface area contributed by atoms with Gasteiger partial charge >= 0.3 is 0 Å². The average Bonchev–Trinajstić information content (AvgIpc) is 2.95. The SMILES string of the molecule is O=C(NC1CCCCNC1=O)C1CC1. The van der Waals surface area contributed by atoms with Crippen molar-refractivity contribution in [2.75, 3.05) is 6.54 Å². The standard InChI is InChI=1S/C10H16N2O2/c13-9(7-4-5-7)12-8-3-1-2-6-11-10(8)14/h7-8H,1-6H2,(H,11,14)(H,12,13). The molecule has 2 rings (SSSR count). The molecule has 0 aromatic heterocycles. The van der Waals surface area contributed by atoms with E-state index in [1.54, 1.807) is 0 Å². The molecule has 1 saturated carbocycles. The van der Waals surface area contributed by atoms with Crippen molar-refractivity contribution in [1.82, 2.24) is 10.6 Å². The molecule has 0 radical (unpaired) electrons. The first-order chi connectivity index (χ1) is 6.77. The lowest BCUT2D eigenvalue weighted by molar-refractivity contribution is -0.129. The lowest BCUT2D eigenvalue weighted by atomic mass is 10.1. The van der Waals surface area contributed by atoms with Gasteiger partial charge in [0.25, 0.3) is 0 Å². The molecule has 2 N–H and O–H groups in total. The van der Waals surface area contributed by atoms with Gasteiger partial charge in [-0.15, -0.1) is 0 Å². The van der Waals surface area contributed by atoms with Crippen LogP contribution in [-0.2, 0) is 9.59 Å². The fraction of sp³-hybridized carbons (Fsp3) is 0.800. The van der Waals surface area contributed by atoms with E-state index < -0.39 is 0 Å². The maximum Gasteiger partial charge on any atom is 0.242 e. The highest BCUT2D eigenvalue weighted by Crippen LogP contribution is 2.29. The second-order valence-corrected chi connectivity index (χ2v) is 4.12. The summed E-state index contributed by atoms with van der Waals surface area (Å²) in [6.07, 6.45) is 4.78. The maximum atomic E-state index is 11.5. The number of hydrogen-bond donors (Lipinski definition) is 2. The van der Waals surface area contributed by atoms with Crippen molar-refractivity contribution in [3.63, 3.8) is 0 Å². The molecule has 2 aliphatic rings. The van der Waals surface area contributed by atoms with Crippen LogP contribution in [0.4, 0.5) is 0 Å². The van der Waals surface area contributed by atoms with E-state index in [9.17, 15) is 9.59 Å². The van der Waals surface area contributed by atoms with E-state index in [1.807, 2.05) is 0 Å². The third kappa shape index (κ3) is 2.25. The summed E-state index contributed by atoms with van der Waals surface area (Å²) in [7, 11) is 0. The molecular formula is C10H16N2O2. The molecule has 1 atom stereocenters. The number of nitrogens with one attached hydrogen (secondary N) is 2. The van der Waals surface area contributed by atoms with Crippen molar-refractivity contribution < 1.29 is 9.59 Å². The predicted octanol–water partition coefficient (Wildman–Crippen LogP) is 0.181. The smallest absolute Gasteiger partial charge is 0.242 e. The van der Waals surface area contributed by atoms with Gasteiger partial charge in [0.15, 0.2) is 0 Å². The first-order valence-corrected chi connectivity index (χ1v) is 5.35. The van der Waals surface area contributed by atoms with Crippen molar-refractivity contribution in [3.8, 4) is 0 Å². The average molecular weight is 196 g/mol. The molecule has 0 spiro atoms. The van der Waals surface area contributed by atoms with Crippen molar-refractivity contribution >= 4 is 11.8 Å². The third-order valence-electron chi connectivity index (χ3n) is 2.80. The second-order valence-electron chi connectivity index (χ2n) is 4.12. The molecule has 4 heteroatoms. The Morgan fingerprint density at radius 3 is 2.79 bits per heavy atom. The van der Waals surface area contributed by atoms with Crippen LogP contribution in [0.3, 0.4) is 0 Å². The molecule has 2 fully saturated rings. The third-order valence-corrected chi connectivity index (χ3v) is 2.80. The molecule has 2 amide bonds. The van der Waals surface area contributed by atoms with Gasteiger partial charge in [-0.05, 0) is 32.1 Å². The Morgan fingerprint density at radius 1 is 1.29 bits per heavy atom. The van der Waals surface area contributed by atoms with Gasteiger partial charge in [-0.2, -0.15) is 0 Å². The van der Waals surface area contributed by atoms with Crippen LogP contribution in [0.15, 0.2) is 0 Å². The molecular weight excluding hydrogens is 180 g/mol. The lowest BCUT2D eigenvalue weighted by Crippen LogP contribution is -2.45. The molecule has 1 saturated heterocycles. The number of carbonyl (C=O) groups excluding carboxylic acids is 2. The van der Waals surface area contributed by atoms with Gasteiger partial charge in [0, 0.05) is 12.5 Å². The zero-order chi connectivity index (χ0) is 9.97. The highest BCUT2D eigenvalue weighted by molar-refractivity contribution is 5.89. The van der Waals surface area contributed by atoms with E-state index in [0.717, 1.165) is 38.6 Å². The van der Waals surface area contributed by atoms with Crippen LogP contribution in [0.2, 0.25) is 0 Å². The van der Waals surface area contributed by atoms with E-state index >= 15 is 0 Å². The Hall–Kier alpha value is -1.06. The Labute approximate surface area is 83.4 Å². The van der Waals surface area contributed by atoms with Crippen LogP contribution in [0.1, 0.15) is 32.1 Å². The van der Waals surface area contributed by atoms with Crippen molar-refractivity contribution in [1.29, 1.82) is 0 Å². The normalized spacial score (nSPS) is 27.7. The van der Waals surface area contributed by atoms with Crippen LogP contribution >= 0.6 is 0 Å². The van der Waals surface area contributed by atoms with E-state index in [0.29, 0.717) is 0 Å². The number of amides is 2. The molecule has 1 heterocycles. The topological polar surface area (TPSA) is 58.2 Å². The zero-order valence-corrected chi connectivity index (χ0v) is 8.21. The summed E-state index contributed by atoms with van der Waals surface area (Å²) >= 11 is 0. The van der Waals surface area contributed by atoms with E-state index in [1.165, 1.54) is 0 Å². The number of carbonyl (C=O) groups is 2. The highest BCUT2D eigenvalue weighted by Gasteiger charge is 2.32. The number of hydrogen-bond acceptors (Lipinski definition) is 2. The molecule has 4 nitrogen and oxygen atoms in total. The summed E-state index contributed by atoms with van der Waals surface area (Å²) in [5.41, 5.74) is 0. The molecule has 0 aromatic carbocycles. The van der Waals surface area contributed by atoms with Crippen LogP contribution in [0.25, 0.3) is 0 Å². The molecule has 0 bridgehead atoms. The van der Waals surface area contributed by atoms with Gasteiger partial charge < -0.3 is 10.6 Å². The van der Waals surface area contributed by atoms with E-state index in [-0.39, 0.29) is 23.8 Å². The summed E-state index contributed by atoms with van der Waals surface area (Å²) in [6, 6.07) is -0.286. The summed E-state index contributed by atoms with van der Waals surface area (Å²) < 4.78 is 0. The Bertz CT molecular complexity index is 249. The first-order valence-electron chi connectivity index (χ1n) is 5.35. The van der Waals surface area contributed by atoms with Gasteiger partial charge in [-0.1, -0.05) is 0 Å². The van der Waals surface area contributed by atoms with Gasteiger partial charge in [-0.3, -0.25) is 9.59 Å². The van der Waals surface area contributed by atoms with Crippen LogP contribution in [-0.4, -0.2) is 24.4 Å². The van der Waals surface area contributed by atoms with Crippen molar-refractivity contribution in [2.24, 2.45) is 5.92 Å². The zero-order valence-electron chi connectivity index (χ0n) is 8.21. The van der Waals surface area contributed by atoms with Crippen molar-refractivity contribution in [2.45, 2.75) is 38.1 Å². The fourth-order valence-corrected chi connectivity index (χ4v) is 1.71. The van der Waals surface area contributed by atoms with Gasteiger partial charge in [0.05, 0.1) is 0 Å². The highest BCUT2D eigenvalue weighted by atomic mass is 16.2. The minimum absolute atomic E-state index is 0.0171. The Morgan fingerprint density at radius 2 is 2.07 bits per heavy atom. The molecule has 1 aliphatic carbocycles. The van der Waals surface area contributed by atoms with Crippen molar-refractivity contribution in [3.05, 3.63) is 0 Å². The molecule has 78 valence electrons. The van der Waals surface area contributed by atoms with E-state index in [4.69, 9.17) is 0 Å². The first kappa shape index (κ1) is 9.49. The minimum Gasteiger partial charge on any atom is -0.354 e. The monoisotopic (exact) mass is 196 g/mol. The lowest BCUT2D eigenvalue weighted by Gasteiger charge is -2.14. The quantitative estimate of drug-likeness (QED) is 0.662. The fourth-order valence-electron chi connectivity index (χ4n) is 1.71. The molecule has 0 aromatic rings. The number of rotatable bonds is 2. The Balaban J connectivity index is 1.87.